The van der Waals surface area contributed by atoms with Gasteiger partial charge < -0.3 is 9.73 Å². The Bertz CT molecular complexity index is 860. The summed E-state index contributed by atoms with van der Waals surface area (Å²) in [5.41, 5.74) is 0.0139. The van der Waals surface area contributed by atoms with Gasteiger partial charge >= 0.3 is 0 Å². The highest BCUT2D eigenvalue weighted by molar-refractivity contribution is 7.89. The van der Waals surface area contributed by atoms with Gasteiger partial charge in [0.25, 0.3) is 5.91 Å². The second-order valence-corrected chi connectivity index (χ2v) is 7.02. The number of carbonyl (C=O) groups is 1. The zero-order valence-corrected chi connectivity index (χ0v) is 13.4. The van der Waals surface area contributed by atoms with E-state index < -0.39 is 27.6 Å². The number of amides is 1. The molecule has 0 aliphatic rings. The molecule has 0 aliphatic carbocycles. The van der Waals surface area contributed by atoms with Crippen LogP contribution in [0.4, 0.5) is 14.5 Å². The van der Waals surface area contributed by atoms with E-state index in [1.807, 2.05) is 0 Å². The summed E-state index contributed by atoms with van der Waals surface area (Å²) in [6, 6.07) is 3.92. The molecule has 0 atom stereocenters. The maximum absolute atomic E-state index is 13.1. The molecule has 0 aliphatic heterocycles. The fourth-order valence-corrected chi connectivity index (χ4v) is 2.85. The maximum Gasteiger partial charge on any atom is 0.291 e. The molecule has 124 valence electrons. The quantitative estimate of drug-likeness (QED) is 0.923. The predicted octanol–water partition coefficient (Wildman–Crippen LogP) is 2.37. The first kappa shape index (κ1) is 17.1. The van der Waals surface area contributed by atoms with E-state index in [0.717, 1.165) is 22.5 Å². The summed E-state index contributed by atoms with van der Waals surface area (Å²) in [5, 5.41) is 2.30. The van der Waals surface area contributed by atoms with E-state index in [2.05, 4.69) is 5.32 Å². The molecule has 0 saturated carbocycles. The van der Waals surface area contributed by atoms with E-state index in [0.29, 0.717) is 0 Å². The number of sulfonamides is 1. The molecule has 23 heavy (non-hydrogen) atoms. The number of halogens is 2. The van der Waals surface area contributed by atoms with Gasteiger partial charge in [-0.15, -0.1) is 0 Å². The van der Waals surface area contributed by atoms with E-state index in [1.165, 1.54) is 27.1 Å². The van der Waals surface area contributed by atoms with Crippen LogP contribution in [0.2, 0.25) is 0 Å². The van der Waals surface area contributed by atoms with Gasteiger partial charge in [-0.3, -0.25) is 4.79 Å². The minimum absolute atomic E-state index is 0.0139. The first-order valence-corrected chi connectivity index (χ1v) is 7.86. The minimum atomic E-state index is -3.76. The minimum Gasteiger partial charge on any atom is -0.455 e. The zero-order valence-electron chi connectivity index (χ0n) is 12.6. The smallest absolute Gasteiger partial charge is 0.291 e. The van der Waals surface area contributed by atoms with Crippen molar-refractivity contribution < 1.29 is 26.4 Å². The molecule has 0 radical (unpaired) electrons. The highest BCUT2D eigenvalue weighted by Gasteiger charge is 2.26. The highest BCUT2D eigenvalue weighted by atomic mass is 32.2. The number of benzene rings is 1. The zero-order chi connectivity index (χ0) is 17.4. The molecule has 2 rings (SSSR count). The van der Waals surface area contributed by atoms with Crippen molar-refractivity contribution in [2.45, 2.75) is 11.8 Å². The SMILES string of the molecule is Cc1oc(C(=O)Nc2ccc(F)c(F)c2)cc1S(=O)(=O)N(C)C. The lowest BCUT2D eigenvalue weighted by atomic mass is 10.3. The van der Waals surface area contributed by atoms with Crippen LogP contribution in [0.1, 0.15) is 16.3 Å². The first-order valence-electron chi connectivity index (χ1n) is 6.42. The van der Waals surface area contributed by atoms with Crippen molar-refractivity contribution in [1.82, 2.24) is 4.31 Å². The lowest BCUT2D eigenvalue weighted by Crippen LogP contribution is -2.22. The summed E-state index contributed by atoms with van der Waals surface area (Å²) in [6.45, 7) is 1.41. The van der Waals surface area contributed by atoms with Gasteiger partial charge in [0.2, 0.25) is 10.0 Å². The molecule has 1 aromatic carbocycles. The van der Waals surface area contributed by atoms with Crippen molar-refractivity contribution in [2.75, 3.05) is 19.4 Å². The summed E-state index contributed by atoms with van der Waals surface area (Å²) in [7, 11) is -1.06. The van der Waals surface area contributed by atoms with E-state index in [4.69, 9.17) is 4.42 Å². The second kappa shape index (κ2) is 6.09. The number of nitrogens with zero attached hydrogens (tertiary/aromatic N) is 1. The molecular formula is C14H14F2N2O4S. The van der Waals surface area contributed by atoms with Gasteiger partial charge in [-0.05, 0) is 19.1 Å². The highest BCUT2D eigenvalue weighted by Crippen LogP contribution is 2.23. The summed E-state index contributed by atoms with van der Waals surface area (Å²) < 4.78 is 56.2. The van der Waals surface area contributed by atoms with Gasteiger partial charge in [0.15, 0.2) is 17.4 Å². The van der Waals surface area contributed by atoms with Crippen LogP contribution in [0, 0.1) is 18.6 Å². The summed E-state index contributed by atoms with van der Waals surface area (Å²) in [5.74, 6) is -3.15. The van der Waals surface area contributed by atoms with E-state index in [-0.39, 0.29) is 22.1 Å². The van der Waals surface area contributed by atoms with Crippen molar-refractivity contribution in [3.05, 3.63) is 47.4 Å². The van der Waals surface area contributed by atoms with Crippen LogP contribution in [0.5, 0.6) is 0 Å². The van der Waals surface area contributed by atoms with Crippen LogP contribution in [-0.2, 0) is 10.0 Å². The Hall–Kier alpha value is -2.26. The lowest BCUT2D eigenvalue weighted by molar-refractivity contribution is 0.0995. The normalized spacial score (nSPS) is 11.7. The van der Waals surface area contributed by atoms with Crippen LogP contribution in [0.25, 0.3) is 0 Å². The molecule has 1 aromatic heterocycles. The molecule has 0 saturated heterocycles. The van der Waals surface area contributed by atoms with Gasteiger partial charge in [-0.25, -0.2) is 21.5 Å². The molecule has 9 heteroatoms. The number of hydrogen-bond acceptors (Lipinski definition) is 4. The van der Waals surface area contributed by atoms with Gasteiger partial charge in [0.05, 0.1) is 0 Å². The van der Waals surface area contributed by atoms with Crippen LogP contribution in [0.15, 0.2) is 33.6 Å². The Morgan fingerprint density at radius 1 is 1.17 bits per heavy atom. The number of hydrogen-bond donors (Lipinski definition) is 1. The van der Waals surface area contributed by atoms with Gasteiger partial charge in [0.1, 0.15) is 10.7 Å². The average Bonchev–Trinajstić information content (AvgIpc) is 2.85. The molecule has 1 N–H and O–H groups in total. The average molecular weight is 344 g/mol. The van der Waals surface area contributed by atoms with Crippen molar-refractivity contribution in [2.24, 2.45) is 0 Å². The van der Waals surface area contributed by atoms with E-state index in [1.54, 1.807) is 0 Å². The van der Waals surface area contributed by atoms with Crippen LogP contribution < -0.4 is 5.32 Å². The fraction of sp³-hybridized carbons (Fsp3) is 0.214. The molecular weight excluding hydrogens is 330 g/mol. The van der Waals surface area contributed by atoms with Gasteiger partial charge in [-0.2, -0.15) is 0 Å². The predicted molar refractivity (Wildman–Crippen MR) is 78.6 cm³/mol. The standard InChI is InChI=1S/C14H14F2N2O4S/c1-8-13(23(20,21)18(2)3)7-12(22-8)14(19)17-9-4-5-10(15)11(16)6-9/h4-7H,1-3H3,(H,17,19). The van der Waals surface area contributed by atoms with Crippen molar-refractivity contribution in [3.63, 3.8) is 0 Å². The topological polar surface area (TPSA) is 79.6 Å². The molecule has 0 bridgehead atoms. The Kier molecular flexibility index (Phi) is 4.53. The first-order chi connectivity index (χ1) is 10.6. The maximum atomic E-state index is 13.1. The molecule has 2 aromatic rings. The summed E-state index contributed by atoms with van der Waals surface area (Å²) in [6.07, 6.45) is 0. The number of aryl methyl sites for hydroxylation is 1. The third-order valence-electron chi connectivity index (χ3n) is 3.03. The van der Waals surface area contributed by atoms with E-state index >= 15 is 0 Å². The second-order valence-electron chi connectivity index (χ2n) is 4.90. The van der Waals surface area contributed by atoms with Crippen molar-refractivity contribution >= 4 is 21.6 Å². The number of anilines is 1. The van der Waals surface area contributed by atoms with Crippen LogP contribution >= 0.6 is 0 Å². The summed E-state index contributed by atoms with van der Waals surface area (Å²) >= 11 is 0. The Balaban J connectivity index is 2.29. The Morgan fingerprint density at radius 2 is 1.83 bits per heavy atom. The Labute approximate surface area is 131 Å². The number of carbonyl (C=O) groups excluding carboxylic acids is 1. The molecule has 1 amide bonds. The van der Waals surface area contributed by atoms with Crippen molar-refractivity contribution in [3.8, 4) is 0 Å². The number of nitrogens with one attached hydrogen (secondary N) is 1. The van der Waals surface area contributed by atoms with Crippen LogP contribution in [-0.4, -0.2) is 32.7 Å². The molecule has 1 heterocycles. The molecule has 0 fully saturated rings. The third kappa shape index (κ3) is 3.40. The largest absolute Gasteiger partial charge is 0.455 e. The third-order valence-corrected chi connectivity index (χ3v) is 4.95. The number of rotatable bonds is 4. The fourth-order valence-electron chi connectivity index (χ4n) is 1.80. The summed E-state index contributed by atoms with van der Waals surface area (Å²) in [4.78, 5) is 11.9. The molecule has 0 spiro atoms. The monoisotopic (exact) mass is 344 g/mol. The van der Waals surface area contributed by atoms with Crippen molar-refractivity contribution in [1.29, 1.82) is 0 Å². The molecule has 6 nitrogen and oxygen atoms in total. The van der Waals surface area contributed by atoms with E-state index in [9.17, 15) is 22.0 Å². The lowest BCUT2D eigenvalue weighted by Gasteiger charge is -2.09. The van der Waals surface area contributed by atoms with Gasteiger partial charge in [0, 0.05) is 31.9 Å². The number of furan rings is 1. The molecule has 0 unspecified atom stereocenters. The van der Waals surface area contributed by atoms with Gasteiger partial charge in [-0.1, -0.05) is 0 Å². The Morgan fingerprint density at radius 3 is 2.39 bits per heavy atom. The van der Waals surface area contributed by atoms with Crippen LogP contribution in [0.3, 0.4) is 0 Å².